The van der Waals surface area contributed by atoms with Crippen molar-refractivity contribution in [3.05, 3.63) is 34.8 Å². The van der Waals surface area contributed by atoms with Crippen LogP contribution in [-0.2, 0) is 4.79 Å². The number of halogens is 1. The van der Waals surface area contributed by atoms with E-state index in [9.17, 15) is 4.79 Å². The Balaban J connectivity index is 2.39. The lowest BCUT2D eigenvalue weighted by Crippen LogP contribution is -2.27. The van der Waals surface area contributed by atoms with Crippen LogP contribution in [0.4, 0.5) is 11.4 Å². The van der Waals surface area contributed by atoms with E-state index in [4.69, 9.17) is 0 Å². The Morgan fingerprint density at radius 2 is 2.25 bits per heavy atom. The van der Waals surface area contributed by atoms with Gasteiger partial charge in [-0.3, -0.25) is 4.79 Å². The van der Waals surface area contributed by atoms with Gasteiger partial charge >= 0.3 is 0 Å². The van der Waals surface area contributed by atoms with E-state index in [1.54, 1.807) is 0 Å². The average molecular weight is 338 g/mol. The van der Waals surface area contributed by atoms with Gasteiger partial charge in [-0.15, -0.1) is 6.58 Å². The smallest absolute Gasteiger partial charge is 0.246 e. The third kappa shape index (κ3) is 2.74. The van der Waals surface area contributed by atoms with E-state index in [1.165, 1.54) is 0 Å². The average Bonchev–Trinajstić information content (AvgIpc) is 2.72. The summed E-state index contributed by atoms with van der Waals surface area (Å²) in [6, 6.07) is 3.80. The highest BCUT2D eigenvalue weighted by atomic mass is 79.9. The fourth-order valence-corrected chi connectivity index (χ4v) is 3.09. The quantitative estimate of drug-likeness (QED) is 0.784. The molecule has 0 aliphatic carbocycles. The maximum absolute atomic E-state index is 12.0. The molecule has 1 heterocycles. The second-order valence-electron chi connectivity index (χ2n) is 4.70. The first kappa shape index (κ1) is 15.1. The highest BCUT2D eigenvalue weighted by Crippen LogP contribution is 2.39. The molecule has 0 saturated carbocycles. The predicted molar refractivity (Wildman–Crippen MR) is 87.3 cm³/mol. The van der Waals surface area contributed by atoms with Crippen molar-refractivity contribution in [2.24, 2.45) is 0 Å². The second-order valence-corrected chi connectivity index (χ2v) is 5.55. The zero-order valence-corrected chi connectivity index (χ0v) is 13.5. The van der Waals surface area contributed by atoms with Crippen LogP contribution in [0.25, 0.3) is 0 Å². The molecule has 0 radical (unpaired) electrons. The Morgan fingerprint density at radius 3 is 2.85 bits per heavy atom. The van der Waals surface area contributed by atoms with Crippen molar-refractivity contribution in [3.63, 3.8) is 0 Å². The summed E-state index contributed by atoms with van der Waals surface area (Å²) < 4.78 is 0.999. The number of nitrogens with zero attached hydrogens (tertiary/aromatic N) is 1. The van der Waals surface area contributed by atoms with Gasteiger partial charge in [0.25, 0.3) is 0 Å². The van der Waals surface area contributed by atoms with Crippen molar-refractivity contribution in [2.45, 2.75) is 19.9 Å². The molecule has 0 spiro atoms. The van der Waals surface area contributed by atoms with Gasteiger partial charge in [-0.25, -0.2) is 0 Å². The van der Waals surface area contributed by atoms with Gasteiger partial charge in [0.15, 0.2) is 0 Å². The molecule has 1 aliphatic rings. The van der Waals surface area contributed by atoms with E-state index in [-0.39, 0.29) is 11.9 Å². The standard InChI is InChI=1S/C15H20BrN3O/c1-4-7-19(6-3)13-9-12-10(8-11(13)16)14(17-5-2)15(20)18-12/h4,8-9,14,17H,1,5-7H2,2-3H3,(H,18,20). The minimum Gasteiger partial charge on any atom is -0.367 e. The molecule has 108 valence electrons. The van der Waals surface area contributed by atoms with Crippen molar-refractivity contribution in [1.82, 2.24) is 5.32 Å². The molecule has 1 amide bonds. The van der Waals surface area contributed by atoms with Crippen molar-refractivity contribution in [1.29, 1.82) is 0 Å². The first-order valence-electron chi connectivity index (χ1n) is 6.85. The SMILES string of the molecule is C=CCN(CC)c1cc2c(cc1Br)C(NCC)C(=O)N2. The zero-order valence-electron chi connectivity index (χ0n) is 11.9. The van der Waals surface area contributed by atoms with E-state index < -0.39 is 0 Å². The largest absolute Gasteiger partial charge is 0.367 e. The number of carbonyl (C=O) groups is 1. The summed E-state index contributed by atoms with van der Waals surface area (Å²) in [6.07, 6.45) is 1.88. The van der Waals surface area contributed by atoms with E-state index in [2.05, 4.69) is 45.0 Å². The normalized spacial score (nSPS) is 16.8. The van der Waals surface area contributed by atoms with Crippen LogP contribution < -0.4 is 15.5 Å². The summed E-state index contributed by atoms with van der Waals surface area (Å²) in [6.45, 7) is 10.3. The number of likely N-dealkylation sites (N-methyl/N-ethyl adjacent to an activating group) is 2. The number of carbonyl (C=O) groups excluding carboxylic acids is 1. The van der Waals surface area contributed by atoms with Crippen LogP contribution in [0.2, 0.25) is 0 Å². The lowest BCUT2D eigenvalue weighted by molar-refractivity contribution is -0.117. The number of rotatable bonds is 6. The van der Waals surface area contributed by atoms with Gasteiger partial charge in [0, 0.05) is 28.8 Å². The molecule has 2 rings (SSSR count). The molecule has 1 unspecified atom stereocenters. The van der Waals surface area contributed by atoms with E-state index >= 15 is 0 Å². The Kier molecular flexibility index (Phi) is 4.83. The molecular formula is C15H20BrN3O. The van der Waals surface area contributed by atoms with Crippen molar-refractivity contribution in [3.8, 4) is 0 Å². The third-order valence-corrected chi connectivity index (χ3v) is 4.07. The number of amides is 1. The number of anilines is 2. The molecule has 1 aliphatic heterocycles. The molecule has 20 heavy (non-hydrogen) atoms. The lowest BCUT2D eigenvalue weighted by atomic mass is 10.1. The lowest BCUT2D eigenvalue weighted by Gasteiger charge is -2.23. The number of nitrogens with one attached hydrogen (secondary N) is 2. The van der Waals surface area contributed by atoms with Crippen molar-refractivity contribution < 1.29 is 4.79 Å². The summed E-state index contributed by atoms with van der Waals surface area (Å²) in [4.78, 5) is 14.2. The molecule has 1 atom stereocenters. The third-order valence-electron chi connectivity index (χ3n) is 3.43. The van der Waals surface area contributed by atoms with Gasteiger partial charge in [-0.1, -0.05) is 13.0 Å². The van der Waals surface area contributed by atoms with E-state index in [1.807, 2.05) is 25.1 Å². The van der Waals surface area contributed by atoms with Crippen LogP contribution in [-0.4, -0.2) is 25.5 Å². The highest BCUT2D eigenvalue weighted by molar-refractivity contribution is 9.10. The van der Waals surface area contributed by atoms with Gasteiger partial charge in [0.2, 0.25) is 5.91 Å². The Bertz CT molecular complexity index is 530. The van der Waals surface area contributed by atoms with Crippen LogP contribution in [0, 0.1) is 0 Å². The van der Waals surface area contributed by atoms with Crippen LogP contribution in [0.15, 0.2) is 29.3 Å². The monoisotopic (exact) mass is 337 g/mol. The molecule has 0 aromatic heterocycles. The van der Waals surface area contributed by atoms with Gasteiger partial charge in [-0.05, 0) is 41.5 Å². The summed E-state index contributed by atoms with van der Waals surface area (Å²) in [5.74, 6) is 0.0117. The highest BCUT2D eigenvalue weighted by Gasteiger charge is 2.31. The number of fused-ring (bicyclic) bond motifs is 1. The second kappa shape index (κ2) is 6.41. The summed E-state index contributed by atoms with van der Waals surface area (Å²) in [5.41, 5.74) is 2.97. The van der Waals surface area contributed by atoms with Crippen LogP contribution in [0.1, 0.15) is 25.5 Å². The molecule has 1 aromatic carbocycles. The van der Waals surface area contributed by atoms with Gasteiger partial charge in [0.05, 0.1) is 5.69 Å². The first-order chi connectivity index (χ1) is 9.62. The zero-order chi connectivity index (χ0) is 14.7. The molecule has 1 aromatic rings. The topological polar surface area (TPSA) is 44.4 Å². The van der Waals surface area contributed by atoms with Crippen molar-refractivity contribution in [2.75, 3.05) is 29.9 Å². The molecule has 5 heteroatoms. The van der Waals surface area contributed by atoms with Gasteiger partial charge in [0.1, 0.15) is 6.04 Å². The van der Waals surface area contributed by atoms with E-state index in [0.717, 1.165) is 41.0 Å². The molecular weight excluding hydrogens is 318 g/mol. The first-order valence-corrected chi connectivity index (χ1v) is 7.65. The molecule has 0 bridgehead atoms. The summed E-state index contributed by atoms with van der Waals surface area (Å²) in [7, 11) is 0. The number of hydrogen-bond acceptors (Lipinski definition) is 3. The van der Waals surface area contributed by atoms with Crippen LogP contribution in [0.5, 0.6) is 0 Å². The van der Waals surface area contributed by atoms with Crippen LogP contribution >= 0.6 is 15.9 Å². The maximum Gasteiger partial charge on any atom is 0.246 e. The Morgan fingerprint density at radius 1 is 1.50 bits per heavy atom. The number of hydrogen-bond donors (Lipinski definition) is 2. The predicted octanol–water partition coefficient (Wildman–Crippen LogP) is 3.06. The molecule has 2 N–H and O–H groups in total. The fraction of sp³-hybridized carbons (Fsp3) is 0.400. The minimum atomic E-state index is -0.255. The van der Waals surface area contributed by atoms with Crippen molar-refractivity contribution >= 4 is 33.2 Å². The molecule has 4 nitrogen and oxygen atoms in total. The summed E-state index contributed by atoms with van der Waals surface area (Å²) in [5, 5.41) is 6.15. The minimum absolute atomic E-state index is 0.0117. The van der Waals surface area contributed by atoms with Gasteiger partial charge in [-0.2, -0.15) is 0 Å². The summed E-state index contributed by atoms with van der Waals surface area (Å²) >= 11 is 3.62. The molecule has 0 fully saturated rings. The fourth-order valence-electron chi connectivity index (χ4n) is 2.47. The number of benzene rings is 1. The maximum atomic E-state index is 12.0. The Hall–Kier alpha value is -1.33. The van der Waals surface area contributed by atoms with E-state index in [0.29, 0.717) is 0 Å². The van der Waals surface area contributed by atoms with Crippen LogP contribution in [0.3, 0.4) is 0 Å². The molecule has 0 saturated heterocycles. The van der Waals surface area contributed by atoms with Gasteiger partial charge < -0.3 is 15.5 Å². The Labute approximate surface area is 128 Å².